The summed E-state index contributed by atoms with van der Waals surface area (Å²) in [7, 11) is 0. The fourth-order valence-corrected chi connectivity index (χ4v) is 3.83. The number of rotatable bonds is 9. The molecule has 1 N–H and O–H groups in total. The topological polar surface area (TPSA) is 107 Å². The highest BCUT2D eigenvalue weighted by atomic mass is 16.6. The molecule has 8 heteroatoms. The summed E-state index contributed by atoms with van der Waals surface area (Å²) in [6.45, 7) is 0.270. The first-order chi connectivity index (χ1) is 16.0. The first-order valence-corrected chi connectivity index (χ1v) is 10.7. The van der Waals surface area contributed by atoms with E-state index in [1.165, 1.54) is 22.8 Å². The van der Waals surface area contributed by atoms with E-state index in [2.05, 4.69) is 5.32 Å². The van der Waals surface area contributed by atoms with Crippen molar-refractivity contribution in [3.8, 4) is 0 Å². The van der Waals surface area contributed by atoms with Crippen LogP contribution in [0.5, 0.6) is 0 Å². The number of nitrogens with one attached hydrogen (secondary N) is 1. The number of hydrogen-bond acceptors (Lipinski definition) is 5. The van der Waals surface area contributed by atoms with Gasteiger partial charge in [0.2, 0.25) is 5.91 Å². The molecule has 0 aliphatic carbocycles. The lowest BCUT2D eigenvalue weighted by atomic mass is 9.98. The number of benzene rings is 3. The number of aryl methyl sites for hydroxylation is 1. The number of nitro groups is 1. The van der Waals surface area contributed by atoms with E-state index in [0.717, 1.165) is 11.1 Å². The fraction of sp³-hybridized carbons (Fsp3) is 0.200. The lowest BCUT2D eigenvalue weighted by molar-refractivity contribution is -0.384. The van der Waals surface area contributed by atoms with Crippen LogP contribution >= 0.6 is 0 Å². The number of carbonyl (C=O) groups excluding carboxylic acids is 1. The van der Waals surface area contributed by atoms with Crippen LogP contribution < -0.4 is 11.1 Å². The molecule has 33 heavy (non-hydrogen) atoms. The number of non-ortho nitro benzene ring substituents is 1. The molecule has 1 heterocycles. The highest BCUT2D eigenvalue weighted by Gasteiger charge is 2.17. The predicted molar refractivity (Wildman–Crippen MR) is 124 cm³/mol. The van der Waals surface area contributed by atoms with Crippen molar-refractivity contribution in [1.82, 2.24) is 9.88 Å². The van der Waals surface area contributed by atoms with Crippen molar-refractivity contribution < 1.29 is 14.1 Å². The molecule has 168 valence electrons. The van der Waals surface area contributed by atoms with E-state index < -0.39 is 10.7 Å². The van der Waals surface area contributed by atoms with Gasteiger partial charge in [-0.2, -0.15) is 0 Å². The molecule has 0 spiro atoms. The molecule has 4 rings (SSSR count). The molecule has 1 aromatic heterocycles. The van der Waals surface area contributed by atoms with Crippen molar-refractivity contribution in [2.45, 2.75) is 31.8 Å². The van der Waals surface area contributed by atoms with Crippen molar-refractivity contribution in [1.29, 1.82) is 0 Å². The van der Waals surface area contributed by atoms with Crippen LogP contribution in [-0.4, -0.2) is 15.4 Å². The maximum absolute atomic E-state index is 12.7. The molecule has 0 aliphatic heterocycles. The summed E-state index contributed by atoms with van der Waals surface area (Å²) in [5, 5.41) is 14.0. The van der Waals surface area contributed by atoms with Crippen LogP contribution in [0, 0.1) is 10.1 Å². The number of hydrogen-bond donors (Lipinski definition) is 1. The Morgan fingerprint density at radius 2 is 1.73 bits per heavy atom. The summed E-state index contributed by atoms with van der Waals surface area (Å²) < 4.78 is 6.53. The van der Waals surface area contributed by atoms with Gasteiger partial charge in [-0.1, -0.05) is 60.7 Å². The van der Waals surface area contributed by atoms with Crippen molar-refractivity contribution in [2.24, 2.45) is 0 Å². The molecule has 1 atom stereocenters. The molecule has 0 radical (unpaired) electrons. The quantitative estimate of drug-likeness (QED) is 0.304. The van der Waals surface area contributed by atoms with Crippen LogP contribution in [0.2, 0.25) is 0 Å². The molecule has 0 aliphatic rings. The van der Waals surface area contributed by atoms with Gasteiger partial charge in [-0.15, -0.1) is 0 Å². The Morgan fingerprint density at radius 3 is 2.42 bits per heavy atom. The zero-order valence-electron chi connectivity index (χ0n) is 17.8. The first kappa shape index (κ1) is 22.0. The van der Waals surface area contributed by atoms with Crippen LogP contribution in [0.4, 0.5) is 5.69 Å². The van der Waals surface area contributed by atoms with Gasteiger partial charge in [0.1, 0.15) is 0 Å². The van der Waals surface area contributed by atoms with E-state index in [0.29, 0.717) is 18.4 Å². The minimum Gasteiger partial charge on any atom is -0.407 e. The average Bonchev–Trinajstić information content (AvgIpc) is 3.14. The Morgan fingerprint density at radius 1 is 1.03 bits per heavy atom. The lowest BCUT2D eigenvalue weighted by Crippen LogP contribution is -2.30. The summed E-state index contributed by atoms with van der Waals surface area (Å²) in [6, 6.07) is 23.7. The smallest absolute Gasteiger partial charge is 0.407 e. The Kier molecular flexibility index (Phi) is 6.64. The Hall–Kier alpha value is -4.20. The van der Waals surface area contributed by atoms with Crippen LogP contribution in [-0.2, 0) is 17.8 Å². The first-order valence-electron chi connectivity index (χ1n) is 10.7. The third-order valence-electron chi connectivity index (χ3n) is 5.47. The average molecular weight is 445 g/mol. The second-order valence-electron chi connectivity index (χ2n) is 7.75. The molecule has 8 nitrogen and oxygen atoms in total. The van der Waals surface area contributed by atoms with E-state index in [4.69, 9.17) is 4.42 Å². The van der Waals surface area contributed by atoms with Crippen LogP contribution in [0.25, 0.3) is 11.1 Å². The highest BCUT2D eigenvalue weighted by Crippen LogP contribution is 2.21. The molecule has 1 amide bonds. The van der Waals surface area contributed by atoms with Gasteiger partial charge in [-0.25, -0.2) is 4.79 Å². The summed E-state index contributed by atoms with van der Waals surface area (Å²) in [4.78, 5) is 35.3. The van der Waals surface area contributed by atoms with Gasteiger partial charge >= 0.3 is 5.76 Å². The lowest BCUT2D eigenvalue weighted by Gasteiger charge is -2.19. The standard InChI is InChI=1S/C25H23N3O5/c29-24(26-21(19-10-5-2-6-11-19)16-18-8-3-1-4-9-18)12-7-15-27-22-14-13-20(28(31)32)17-23(22)33-25(27)30/h1-6,8-11,13-14,17,21H,7,12,15-16H2,(H,26,29)/t21-/m0/s1. The summed E-state index contributed by atoms with van der Waals surface area (Å²) in [5.74, 6) is -0.714. The zero-order chi connectivity index (χ0) is 23.2. The Balaban J connectivity index is 1.41. The van der Waals surface area contributed by atoms with Gasteiger partial charge in [-0.3, -0.25) is 19.5 Å². The van der Waals surface area contributed by atoms with E-state index >= 15 is 0 Å². The minimum atomic E-state index is -0.600. The molecule has 0 saturated carbocycles. The number of aromatic nitrogens is 1. The largest absolute Gasteiger partial charge is 0.419 e. The molecule has 0 bridgehead atoms. The van der Waals surface area contributed by atoms with Gasteiger partial charge in [0.05, 0.1) is 22.5 Å². The maximum Gasteiger partial charge on any atom is 0.419 e. The van der Waals surface area contributed by atoms with Gasteiger partial charge in [0.25, 0.3) is 5.69 Å². The number of nitro benzene ring substituents is 1. The molecule has 4 aromatic rings. The fourth-order valence-electron chi connectivity index (χ4n) is 3.83. The van der Waals surface area contributed by atoms with Gasteiger partial charge in [0, 0.05) is 19.0 Å². The van der Waals surface area contributed by atoms with E-state index in [-0.39, 0.29) is 36.2 Å². The Labute approximate surface area is 189 Å². The van der Waals surface area contributed by atoms with Gasteiger partial charge in [-0.05, 0) is 30.0 Å². The maximum atomic E-state index is 12.7. The third-order valence-corrected chi connectivity index (χ3v) is 5.47. The van der Waals surface area contributed by atoms with Crippen LogP contribution in [0.15, 0.2) is 88.1 Å². The summed E-state index contributed by atoms with van der Waals surface area (Å²) in [5.41, 5.74) is 2.63. The third kappa shape index (κ3) is 5.35. The molecular formula is C25H23N3O5. The normalized spacial score (nSPS) is 11.9. The van der Waals surface area contributed by atoms with E-state index in [1.807, 2.05) is 60.7 Å². The minimum absolute atomic E-state index is 0.115. The predicted octanol–water partition coefficient (Wildman–Crippen LogP) is 4.38. The highest BCUT2D eigenvalue weighted by molar-refractivity contribution is 5.77. The number of amides is 1. The molecule has 3 aromatic carbocycles. The number of oxazole rings is 1. The van der Waals surface area contributed by atoms with E-state index in [1.54, 1.807) is 0 Å². The Bertz CT molecular complexity index is 1310. The second-order valence-corrected chi connectivity index (χ2v) is 7.75. The monoisotopic (exact) mass is 445 g/mol. The van der Waals surface area contributed by atoms with Gasteiger partial charge < -0.3 is 9.73 Å². The molecule has 0 fully saturated rings. The zero-order valence-corrected chi connectivity index (χ0v) is 17.8. The SMILES string of the molecule is O=C(CCCn1c(=O)oc2cc([N+](=O)[O-])ccc21)N[C@@H](Cc1ccccc1)c1ccccc1. The second kappa shape index (κ2) is 9.95. The van der Waals surface area contributed by atoms with Crippen molar-refractivity contribution in [2.75, 3.05) is 0 Å². The van der Waals surface area contributed by atoms with Crippen molar-refractivity contribution in [3.05, 3.63) is 111 Å². The number of carbonyl (C=O) groups is 1. The molecule has 0 saturated heterocycles. The van der Waals surface area contributed by atoms with Crippen molar-refractivity contribution in [3.63, 3.8) is 0 Å². The summed E-state index contributed by atoms with van der Waals surface area (Å²) in [6.07, 6.45) is 1.32. The van der Waals surface area contributed by atoms with E-state index in [9.17, 15) is 19.7 Å². The van der Waals surface area contributed by atoms with Gasteiger partial charge in [0.15, 0.2) is 5.58 Å². The molecule has 0 unspecified atom stereocenters. The van der Waals surface area contributed by atoms with Crippen LogP contribution in [0.3, 0.4) is 0 Å². The molecular weight excluding hydrogens is 422 g/mol. The number of fused-ring (bicyclic) bond motifs is 1. The summed E-state index contributed by atoms with van der Waals surface area (Å²) >= 11 is 0. The van der Waals surface area contributed by atoms with Crippen LogP contribution in [0.1, 0.15) is 30.0 Å². The van der Waals surface area contributed by atoms with Crippen molar-refractivity contribution >= 4 is 22.7 Å². The number of nitrogens with zero attached hydrogens (tertiary/aromatic N) is 2.